The van der Waals surface area contributed by atoms with Gasteiger partial charge in [-0.25, -0.2) is 4.68 Å². The van der Waals surface area contributed by atoms with Crippen LogP contribution in [0.4, 0.5) is 0 Å². The lowest BCUT2D eigenvalue weighted by Crippen LogP contribution is -2.01. The number of benzene rings is 1. The van der Waals surface area contributed by atoms with Crippen molar-refractivity contribution in [3.05, 3.63) is 40.7 Å². The van der Waals surface area contributed by atoms with E-state index >= 15 is 0 Å². The highest BCUT2D eigenvalue weighted by Crippen LogP contribution is 2.38. The van der Waals surface area contributed by atoms with E-state index in [1.807, 2.05) is 24.3 Å². The highest BCUT2D eigenvalue weighted by Gasteiger charge is 2.27. The zero-order valence-corrected chi connectivity index (χ0v) is 12.6. The lowest BCUT2D eigenvalue weighted by Gasteiger charge is -2.09. The van der Waals surface area contributed by atoms with Gasteiger partial charge in [0, 0.05) is 5.92 Å². The van der Waals surface area contributed by atoms with Gasteiger partial charge in [-0.2, -0.15) is 10.4 Å². The number of nitriles is 1. The average molecular weight is 302 g/mol. The molecule has 3 rings (SSSR count). The highest BCUT2D eigenvalue weighted by molar-refractivity contribution is 6.31. The molecule has 0 unspecified atom stereocenters. The molecule has 1 heterocycles. The number of nitrogens with zero attached hydrogens (tertiary/aromatic N) is 3. The predicted octanol–water partition coefficient (Wildman–Crippen LogP) is 4.06. The van der Waals surface area contributed by atoms with Gasteiger partial charge in [-0.15, -0.1) is 0 Å². The smallest absolute Gasteiger partial charge is 0.151 e. The zero-order valence-electron chi connectivity index (χ0n) is 11.8. The molecule has 1 aliphatic rings. The summed E-state index contributed by atoms with van der Waals surface area (Å²) in [7, 11) is 1.61. The number of aromatic nitrogens is 2. The summed E-state index contributed by atoms with van der Waals surface area (Å²) >= 11 is 6.39. The van der Waals surface area contributed by atoms with Crippen LogP contribution < -0.4 is 4.74 Å². The van der Waals surface area contributed by atoms with Crippen LogP contribution in [0.3, 0.4) is 0 Å². The molecule has 0 spiro atoms. The van der Waals surface area contributed by atoms with Gasteiger partial charge < -0.3 is 4.74 Å². The van der Waals surface area contributed by atoms with Crippen LogP contribution in [0.25, 0.3) is 5.69 Å². The van der Waals surface area contributed by atoms with E-state index < -0.39 is 0 Å². The van der Waals surface area contributed by atoms with Gasteiger partial charge in [0.2, 0.25) is 0 Å². The zero-order chi connectivity index (χ0) is 14.8. The Morgan fingerprint density at radius 3 is 2.71 bits per heavy atom. The van der Waals surface area contributed by atoms with Crippen LogP contribution in [0.2, 0.25) is 5.15 Å². The van der Waals surface area contributed by atoms with Crippen LogP contribution in [0.1, 0.15) is 42.9 Å². The topological polar surface area (TPSA) is 50.8 Å². The summed E-state index contributed by atoms with van der Waals surface area (Å²) in [6.07, 6.45) is 4.53. The number of ether oxygens (including phenoxy) is 1. The maximum absolute atomic E-state index is 9.43. The first kappa shape index (κ1) is 14.0. The van der Waals surface area contributed by atoms with Crippen LogP contribution in [0.15, 0.2) is 24.3 Å². The Labute approximate surface area is 128 Å². The number of hydrogen-bond acceptors (Lipinski definition) is 3. The minimum absolute atomic E-state index is 0.341. The van der Waals surface area contributed by atoms with Gasteiger partial charge >= 0.3 is 0 Å². The van der Waals surface area contributed by atoms with Crippen molar-refractivity contribution in [2.45, 2.75) is 31.6 Å². The highest BCUT2D eigenvalue weighted by atomic mass is 35.5. The minimum Gasteiger partial charge on any atom is -0.494 e. The van der Waals surface area contributed by atoms with Crippen molar-refractivity contribution in [1.29, 1.82) is 5.26 Å². The normalized spacial score (nSPS) is 15.1. The van der Waals surface area contributed by atoms with Gasteiger partial charge in [0.1, 0.15) is 23.1 Å². The van der Waals surface area contributed by atoms with Crippen molar-refractivity contribution >= 4 is 11.6 Å². The first-order chi connectivity index (χ1) is 10.3. The first-order valence-corrected chi connectivity index (χ1v) is 7.46. The predicted molar refractivity (Wildman–Crippen MR) is 81.1 cm³/mol. The molecule has 2 aromatic rings. The molecule has 0 radical (unpaired) electrons. The molecule has 4 nitrogen and oxygen atoms in total. The van der Waals surface area contributed by atoms with Crippen LogP contribution in [-0.2, 0) is 0 Å². The number of rotatable bonds is 3. The second-order valence-corrected chi connectivity index (χ2v) is 5.59. The second kappa shape index (κ2) is 5.79. The summed E-state index contributed by atoms with van der Waals surface area (Å²) < 4.78 is 6.98. The van der Waals surface area contributed by atoms with E-state index in [0.29, 0.717) is 22.4 Å². The van der Waals surface area contributed by atoms with E-state index in [4.69, 9.17) is 16.3 Å². The third kappa shape index (κ3) is 2.38. The molecule has 0 atom stereocenters. The summed E-state index contributed by atoms with van der Waals surface area (Å²) in [6.45, 7) is 0. The molecule has 108 valence electrons. The van der Waals surface area contributed by atoms with Crippen molar-refractivity contribution in [2.24, 2.45) is 0 Å². The quantitative estimate of drug-likeness (QED) is 0.859. The molecule has 1 saturated carbocycles. The minimum atomic E-state index is 0.341. The number of hydrogen-bond donors (Lipinski definition) is 0. The standard InChI is InChI=1S/C16H16ClN3O/c1-21-14-9-5-4-8-13(14)20-16(17)12(10-18)15(19-20)11-6-2-3-7-11/h4-5,8-9,11H,2-3,6-7H2,1H3. The molecule has 0 amide bonds. The molecule has 0 bridgehead atoms. The number of methoxy groups -OCH3 is 1. The fraction of sp³-hybridized carbons (Fsp3) is 0.375. The monoisotopic (exact) mass is 301 g/mol. The Hall–Kier alpha value is -1.99. The molecular weight excluding hydrogens is 286 g/mol. The van der Waals surface area contributed by atoms with E-state index in [-0.39, 0.29) is 0 Å². The van der Waals surface area contributed by atoms with Crippen molar-refractivity contribution in [3.63, 3.8) is 0 Å². The van der Waals surface area contributed by atoms with Gasteiger partial charge in [0.05, 0.1) is 12.8 Å². The Kier molecular flexibility index (Phi) is 3.85. The molecule has 1 aromatic heterocycles. The lowest BCUT2D eigenvalue weighted by molar-refractivity contribution is 0.411. The fourth-order valence-electron chi connectivity index (χ4n) is 2.97. The molecule has 0 aliphatic heterocycles. The molecule has 0 N–H and O–H groups in total. The molecule has 1 fully saturated rings. The Balaban J connectivity index is 2.13. The van der Waals surface area contributed by atoms with E-state index in [1.54, 1.807) is 11.8 Å². The fourth-order valence-corrected chi connectivity index (χ4v) is 3.23. The average Bonchev–Trinajstić information content (AvgIpc) is 3.14. The van der Waals surface area contributed by atoms with Gasteiger partial charge in [-0.1, -0.05) is 36.6 Å². The summed E-state index contributed by atoms with van der Waals surface area (Å²) in [5.41, 5.74) is 2.08. The second-order valence-electron chi connectivity index (χ2n) is 5.23. The van der Waals surface area contributed by atoms with E-state index in [1.165, 1.54) is 12.8 Å². The SMILES string of the molecule is COc1ccccc1-n1nc(C2CCCC2)c(C#N)c1Cl. The summed E-state index contributed by atoms with van der Waals surface area (Å²) in [5.74, 6) is 1.03. The van der Waals surface area contributed by atoms with Gasteiger partial charge in [0.15, 0.2) is 5.15 Å². The van der Waals surface area contributed by atoms with Gasteiger partial charge in [0.25, 0.3) is 0 Å². The van der Waals surface area contributed by atoms with E-state index in [2.05, 4.69) is 11.2 Å². The number of para-hydroxylation sites is 2. The summed E-state index contributed by atoms with van der Waals surface area (Å²) in [6, 6.07) is 9.75. The van der Waals surface area contributed by atoms with Crippen molar-refractivity contribution in [2.75, 3.05) is 7.11 Å². The van der Waals surface area contributed by atoms with Crippen molar-refractivity contribution in [1.82, 2.24) is 9.78 Å². The van der Waals surface area contributed by atoms with Gasteiger partial charge in [-0.3, -0.25) is 0 Å². The van der Waals surface area contributed by atoms with Crippen molar-refractivity contribution in [3.8, 4) is 17.5 Å². The molecule has 5 heteroatoms. The maximum atomic E-state index is 9.43. The van der Waals surface area contributed by atoms with Crippen LogP contribution in [-0.4, -0.2) is 16.9 Å². The molecular formula is C16H16ClN3O. The molecule has 1 aliphatic carbocycles. The third-order valence-electron chi connectivity index (χ3n) is 4.02. The largest absolute Gasteiger partial charge is 0.494 e. The Morgan fingerprint density at radius 2 is 2.05 bits per heavy atom. The lowest BCUT2D eigenvalue weighted by atomic mass is 10.0. The summed E-state index contributed by atoms with van der Waals surface area (Å²) in [4.78, 5) is 0. The first-order valence-electron chi connectivity index (χ1n) is 7.08. The molecule has 21 heavy (non-hydrogen) atoms. The maximum Gasteiger partial charge on any atom is 0.151 e. The molecule has 0 saturated heterocycles. The summed E-state index contributed by atoms with van der Waals surface area (Å²) in [5, 5.41) is 14.4. The van der Waals surface area contributed by atoms with E-state index in [0.717, 1.165) is 24.2 Å². The van der Waals surface area contributed by atoms with Crippen LogP contribution in [0.5, 0.6) is 5.75 Å². The molecule has 1 aromatic carbocycles. The third-order valence-corrected chi connectivity index (χ3v) is 4.37. The Morgan fingerprint density at radius 1 is 1.33 bits per heavy atom. The van der Waals surface area contributed by atoms with Crippen molar-refractivity contribution < 1.29 is 4.74 Å². The van der Waals surface area contributed by atoms with E-state index in [9.17, 15) is 5.26 Å². The van der Waals surface area contributed by atoms with Gasteiger partial charge in [-0.05, 0) is 25.0 Å². The van der Waals surface area contributed by atoms with Crippen LogP contribution in [0, 0.1) is 11.3 Å². The number of halogens is 1. The van der Waals surface area contributed by atoms with Crippen LogP contribution >= 0.6 is 11.6 Å². The Bertz CT molecular complexity index is 696.